The van der Waals surface area contributed by atoms with Crippen LogP contribution in [0.1, 0.15) is 25.0 Å². The Morgan fingerprint density at radius 2 is 1.76 bits per heavy atom. The number of imide groups is 2. The first kappa shape index (κ1) is 19.5. The van der Waals surface area contributed by atoms with Crippen LogP contribution in [0.25, 0.3) is 6.08 Å². The number of anilines is 2. The van der Waals surface area contributed by atoms with Gasteiger partial charge in [-0.05, 0) is 49.6 Å². The van der Waals surface area contributed by atoms with Crippen molar-refractivity contribution in [1.29, 1.82) is 0 Å². The Bertz CT molecular complexity index is 1020. The first-order chi connectivity index (χ1) is 13.9. The smallest absolute Gasteiger partial charge is 0.335 e. The third-order valence-corrected chi connectivity index (χ3v) is 5.36. The summed E-state index contributed by atoms with van der Waals surface area (Å²) in [5.74, 6) is -0.550. The molecule has 0 spiro atoms. The predicted molar refractivity (Wildman–Crippen MR) is 110 cm³/mol. The van der Waals surface area contributed by atoms with E-state index in [0.717, 1.165) is 30.8 Å². The van der Waals surface area contributed by atoms with Crippen molar-refractivity contribution >= 4 is 58.7 Å². The quantitative estimate of drug-likeness (QED) is 0.577. The van der Waals surface area contributed by atoms with Gasteiger partial charge in [0.05, 0.1) is 10.7 Å². The highest BCUT2D eigenvalue weighted by atomic mass is 35.5. The van der Waals surface area contributed by atoms with Crippen molar-refractivity contribution in [2.45, 2.75) is 19.3 Å². The number of hydrogen-bond donors (Lipinski definition) is 1. The van der Waals surface area contributed by atoms with E-state index < -0.39 is 17.8 Å². The summed E-state index contributed by atoms with van der Waals surface area (Å²) >= 11 is 12.0. The molecule has 2 fully saturated rings. The summed E-state index contributed by atoms with van der Waals surface area (Å²) in [6.07, 6.45) is 4.71. The molecule has 2 aliphatic rings. The molecule has 1 aromatic carbocycles. The normalized spacial score (nSPS) is 19.1. The van der Waals surface area contributed by atoms with Crippen molar-refractivity contribution in [3.63, 3.8) is 0 Å². The van der Waals surface area contributed by atoms with Crippen LogP contribution in [0.4, 0.5) is 16.4 Å². The molecule has 7 nitrogen and oxygen atoms in total. The van der Waals surface area contributed by atoms with E-state index in [1.165, 1.54) is 30.7 Å². The van der Waals surface area contributed by atoms with Gasteiger partial charge in [-0.1, -0.05) is 23.2 Å². The lowest BCUT2D eigenvalue weighted by atomic mass is 10.1. The van der Waals surface area contributed by atoms with Crippen molar-refractivity contribution in [3.05, 3.63) is 51.7 Å². The molecule has 0 atom stereocenters. The van der Waals surface area contributed by atoms with Crippen LogP contribution in [-0.2, 0) is 9.59 Å². The van der Waals surface area contributed by atoms with E-state index >= 15 is 0 Å². The van der Waals surface area contributed by atoms with Gasteiger partial charge in [0.15, 0.2) is 5.88 Å². The highest BCUT2D eigenvalue weighted by molar-refractivity contribution is 6.42. The number of amides is 4. The zero-order valence-electron chi connectivity index (χ0n) is 15.3. The standard InChI is InChI=1S/C20H17Cl2N3O4/c21-12-4-6-16(15(22)10-12)25-19(27)14(18(26)23-20(25)28)11-13-5-7-17(29-13)24-8-2-1-3-9-24/h4-7,10-11H,1-3,8-9H2,(H,23,26,28)/b14-11+. The fourth-order valence-corrected chi connectivity index (χ4v) is 3.88. The summed E-state index contributed by atoms with van der Waals surface area (Å²) in [5.41, 5.74) is -0.0967. The molecule has 2 saturated heterocycles. The molecule has 1 N–H and O–H groups in total. The summed E-state index contributed by atoms with van der Waals surface area (Å²) in [5, 5.41) is 2.62. The molecule has 0 radical (unpaired) electrons. The third kappa shape index (κ3) is 3.88. The molecule has 3 heterocycles. The fraction of sp³-hybridized carbons (Fsp3) is 0.250. The maximum Gasteiger partial charge on any atom is 0.335 e. The number of rotatable bonds is 3. The molecule has 29 heavy (non-hydrogen) atoms. The van der Waals surface area contributed by atoms with Gasteiger partial charge in [-0.3, -0.25) is 14.9 Å². The second-order valence-corrected chi connectivity index (χ2v) is 7.62. The minimum atomic E-state index is -0.880. The minimum absolute atomic E-state index is 0.111. The van der Waals surface area contributed by atoms with Gasteiger partial charge in [-0.25, -0.2) is 9.69 Å². The number of furan rings is 1. The number of nitrogens with one attached hydrogen (secondary N) is 1. The highest BCUT2D eigenvalue weighted by Gasteiger charge is 2.38. The Kier molecular flexibility index (Phi) is 5.34. The van der Waals surface area contributed by atoms with Crippen LogP contribution >= 0.6 is 23.2 Å². The monoisotopic (exact) mass is 433 g/mol. The van der Waals surface area contributed by atoms with Crippen LogP contribution < -0.4 is 15.1 Å². The van der Waals surface area contributed by atoms with Crippen LogP contribution in [0, 0.1) is 0 Å². The average Bonchev–Trinajstić information content (AvgIpc) is 3.16. The van der Waals surface area contributed by atoms with Crippen molar-refractivity contribution in [1.82, 2.24) is 5.32 Å². The lowest BCUT2D eigenvalue weighted by Crippen LogP contribution is -2.54. The number of halogens is 2. The molecular formula is C20H17Cl2N3O4. The predicted octanol–water partition coefficient (Wildman–Crippen LogP) is 4.24. The molecule has 4 rings (SSSR count). The van der Waals surface area contributed by atoms with Gasteiger partial charge in [0.1, 0.15) is 11.3 Å². The average molecular weight is 434 g/mol. The van der Waals surface area contributed by atoms with E-state index in [1.54, 1.807) is 6.07 Å². The molecule has 2 aromatic rings. The number of benzene rings is 1. The lowest BCUT2D eigenvalue weighted by molar-refractivity contribution is -0.122. The molecule has 0 bridgehead atoms. The molecule has 150 valence electrons. The largest absolute Gasteiger partial charge is 0.441 e. The summed E-state index contributed by atoms with van der Waals surface area (Å²) < 4.78 is 5.80. The number of nitrogens with zero attached hydrogens (tertiary/aromatic N) is 2. The van der Waals surface area contributed by atoms with Crippen LogP contribution in [0.2, 0.25) is 10.0 Å². The van der Waals surface area contributed by atoms with Gasteiger partial charge in [0, 0.05) is 24.2 Å². The first-order valence-electron chi connectivity index (χ1n) is 9.15. The van der Waals surface area contributed by atoms with Crippen LogP contribution in [0.3, 0.4) is 0 Å². The topological polar surface area (TPSA) is 82.9 Å². The molecule has 0 saturated carbocycles. The number of carbonyl (C=O) groups excluding carboxylic acids is 3. The molecule has 2 aliphatic heterocycles. The Hall–Kier alpha value is -2.77. The third-order valence-electron chi connectivity index (χ3n) is 4.82. The van der Waals surface area contributed by atoms with Gasteiger partial charge >= 0.3 is 6.03 Å². The van der Waals surface area contributed by atoms with Gasteiger partial charge < -0.3 is 9.32 Å². The lowest BCUT2D eigenvalue weighted by Gasteiger charge is -2.27. The molecule has 9 heteroatoms. The minimum Gasteiger partial charge on any atom is -0.441 e. The van der Waals surface area contributed by atoms with E-state index in [0.29, 0.717) is 16.7 Å². The summed E-state index contributed by atoms with van der Waals surface area (Å²) in [6, 6.07) is 6.97. The molecule has 0 aliphatic carbocycles. The van der Waals surface area contributed by atoms with E-state index in [2.05, 4.69) is 10.2 Å². The summed E-state index contributed by atoms with van der Waals surface area (Å²) in [6.45, 7) is 1.81. The van der Waals surface area contributed by atoms with Crippen molar-refractivity contribution < 1.29 is 18.8 Å². The molecule has 0 unspecified atom stereocenters. The zero-order valence-corrected chi connectivity index (χ0v) is 16.8. The van der Waals surface area contributed by atoms with E-state index in [4.69, 9.17) is 27.6 Å². The van der Waals surface area contributed by atoms with E-state index in [1.807, 2.05) is 6.07 Å². The van der Waals surface area contributed by atoms with Crippen LogP contribution in [-0.4, -0.2) is 30.9 Å². The zero-order chi connectivity index (χ0) is 20.5. The Balaban J connectivity index is 1.64. The number of hydrogen-bond acceptors (Lipinski definition) is 5. The van der Waals surface area contributed by atoms with Crippen molar-refractivity contribution in [2.75, 3.05) is 22.9 Å². The molecule has 4 amide bonds. The number of barbiturate groups is 1. The number of carbonyl (C=O) groups is 3. The highest BCUT2D eigenvalue weighted by Crippen LogP contribution is 2.32. The Labute approximate surface area is 176 Å². The first-order valence-corrected chi connectivity index (χ1v) is 9.91. The van der Waals surface area contributed by atoms with Gasteiger partial charge in [0.2, 0.25) is 0 Å². The fourth-order valence-electron chi connectivity index (χ4n) is 3.39. The van der Waals surface area contributed by atoms with Gasteiger partial charge in [0.25, 0.3) is 11.8 Å². The van der Waals surface area contributed by atoms with Crippen LogP contribution in [0.5, 0.6) is 0 Å². The van der Waals surface area contributed by atoms with Crippen molar-refractivity contribution in [2.24, 2.45) is 0 Å². The SMILES string of the molecule is O=C1NC(=O)N(c2ccc(Cl)cc2Cl)C(=O)/C1=C/c1ccc(N2CCCCC2)o1. The number of piperidine rings is 1. The Morgan fingerprint density at radius 3 is 2.48 bits per heavy atom. The second-order valence-electron chi connectivity index (χ2n) is 6.78. The molecular weight excluding hydrogens is 417 g/mol. The number of urea groups is 1. The Morgan fingerprint density at radius 1 is 1.00 bits per heavy atom. The van der Waals surface area contributed by atoms with E-state index in [-0.39, 0.29) is 16.3 Å². The summed E-state index contributed by atoms with van der Waals surface area (Å²) in [4.78, 5) is 40.4. The second kappa shape index (κ2) is 7.93. The van der Waals surface area contributed by atoms with Crippen LogP contribution in [0.15, 0.2) is 40.3 Å². The summed E-state index contributed by atoms with van der Waals surface area (Å²) in [7, 11) is 0. The van der Waals surface area contributed by atoms with Gasteiger partial charge in [-0.2, -0.15) is 0 Å². The van der Waals surface area contributed by atoms with E-state index in [9.17, 15) is 14.4 Å². The maximum absolute atomic E-state index is 12.9. The van der Waals surface area contributed by atoms with Gasteiger partial charge in [-0.15, -0.1) is 0 Å². The maximum atomic E-state index is 12.9. The molecule has 1 aromatic heterocycles. The van der Waals surface area contributed by atoms with Crippen molar-refractivity contribution in [3.8, 4) is 0 Å².